The lowest BCUT2D eigenvalue weighted by molar-refractivity contribution is -0.0579. The molecule has 0 unspecified atom stereocenters. The number of hydrogen-bond donors (Lipinski definition) is 2. The van der Waals surface area contributed by atoms with Gasteiger partial charge in [-0.15, -0.1) is 11.3 Å². The third-order valence-electron chi connectivity index (χ3n) is 2.68. The number of thiophene rings is 1. The fourth-order valence-electron chi connectivity index (χ4n) is 1.58. The molecule has 0 aliphatic heterocycles. The topological polar surface area (TPSA) is 75.8 Å². The van der Waals surface area contributed by atoms with Gasteiger partial charge in [-0.25, -0.2) is 9.86 Å². The molecule has 0 bridgehead atoms. The minimum atomic E-state index is -0.883. The molecular formula is C14H15BrN2O3S2. The van der Waals surface area contributed by atoms with Crippen molar-refractivity contribution in [2.45, 2.75) is 16.4 Å². The Morgan fingerprint density at radius 3 is 2.77 bits per heavy atom. The minimum absolute atomic E-state index is 0.0515. The normalized spacial score (nSPS) is 10.6. The van der Waals surface area contributed by atoms with Crippen LogP contribution in [0.2, 0.25) is 0 Å². The first-order valence-corrected chi connectivity index (χ1v) is 8.88. The van der Waals surface area contributed by atoms with E-state index in [9.17, 15) is 4.79 Å². The zero-order valence-electron chi connectivity index (χ0n) is 11.6. The summed E-state index contributed by atoms with van der Waals surface area (Å²) in [5.41, 5.74) is 4.91. The van der Waals surface area contributed by atoms with E-state index in [0.29, 0.717) is 11.7 Å². The van der Waals surface area contributed by atoms with Crippen LogP contribution in [0, 0.1) is 0 Å². The Morgan fingerprint density at radius 1 is 1.36 bits per heavy atom. The Labute approximate surface area is 145 Å². The molecule has 22 heavy (non-hydrogen) atoms. The van der Waals surface area contributed by atoms with E-state index in [0.717, 1.165) is 19.1 Å². The van der Waals surface area contributed by atoms with Crippen LogP contribution in [-0.2, 0) is 11.3 Å². The van der Waals surface area contributed by atoms with E-state index < -0.39 is 6.03 Å². The molecule has 0 spiro atoms. The highest BCUT2D eigenvalue weighted by atomic mass is 79.9. The molecule has 2 rings (SSSR count). The van der Waals surface area contributed by atoms with Crippen molar-refractivity contribution >= 4 is 45.1 Å². The number of ether oxygens (including phenoxy) is 1. The van der Waals surface area contributed by atoms with Crippen LogP contribution in [-0.4, -0.2) is 29.5 Å². The third kappa shape index (κ3) is 5.29. The molecule has 118 valence electrons. The number of nitrogens with two attached hydrogens (primary N) is 1. The van der Waals surface area contributed by atoms with Crippen molar-refractivity contribution in [1.82, 2.24) is 5.06 Å². The molecule has 5 nitrogen and oxygen atoms in total. The predicted octanol–water partition coefficient (Wildman–Crippen LogP) is 3.95. The molecule has 3 N–H and O–H groups in total. The van der Waals surface area contributed by atoms with E-state index in [-0.39, 0.29) is 13.2 Å². The summed E-state index contributed by atoms with van der Waals surface area (Å²) in [7, 11) is 0. The number of hydrogen-bond acceptors (Lipinski definition) is 5. The molecular weight excluding hydrogens is 388 g/mol. The average molecular weight is 403 g/mol. The fourth-order valence-corrected chi connectivity index (χ4v) is 3.74. The number of benzene rings is 1. The van der Waals surface area contributed by atoms with Crippen molar-refractivity contribution in [2.75, 3.05) is 13.2 Å². The number of hydroxylamine groups is 2. The summed E-state index contributed by atoms with van der Waals surface area (Å²) < 4.78 is 6.53. The first-order chi connectivity index (χ1) is 10.6. The third-order valence-corrected chi connectivity index (χ3v) is 5.34. The number of carbonyl (C=O) groups excluding carboxylic acids is 1. The molecule has 0 fully saturated rings. The Balaban J connectivity index is 1.84. The molecule has 1 aromatic heterocycles. The number of amides is 2. The Hall–Kier alpha value is -1.06. The van der Waals surface area contributed by atoms with Gasteiger partial charge >= 0.3 is 6.03 Å². The summed E-state index contributed by atoms with van der Waals surface area (Å²) in [5.74, 6) is 0. The number of carbonyl (C=O) groups is 1. The summed E-state index contributed by atoms with van der Waals surface area (Å²) in [6.07, 6.45) is 0. The monoisotopic (exact) mass is 402 g/mol. The van der Waals surface area contributed by atoms with Crippen molar-refractivity contribution in [1.29, 1.82) is 0 Å². The van der Waals surface area contributed by atoms with Gasteiger partial charge in [0.1, 0.15) is 0 Å². The van der Waals surface area contributed by atoms with E-state index in [1.807, 2.05) is 29.6 Å². The molecule has 1 heterocycles. The van der Waals surface area contributed by atoms with Gasteiger partial charge in [-0.2, -0.15) is 0 Å². The van der Waals surface area contributed by atoms with Gasteiger partial charge in [0.05, 0.1) is 19.8 Å². The van der Waals surface area contributed by atoms with Crippen molar-refractivity contribution < 1.29 is 14.7 Å². The Kier molecular flexibility index (Phi) is 6.71. The van der Waals surface area contributed by atoms with Crippen LogP contribution in [0.15, 0.2) is 50.0 Å². The van der Waals surface area contributed by atoms with Gasteiger partial charge in [0.25, 0.3) is 0 Å². The van der Waals surface area contributed by atoms with E-state index in [1.165, 1.54) is 0 Å². The Morgan fingerprint density at radius 2 is 2.09 bits per heavy atom. The SMILES string of the molecule is NC(=O)N(O)CCOCc1sccc1Sc1ccc(Br)cc1. The van der Waals surface area contributed by atoms with E-state index >= 15 is 0 Å². The molecule has 8 heteroatoms. The number of halogens is 1. The van der Waals surface area contributed by atoms with Crippen LogP contribution >= 0.6 is 39.0 Å². The second-order valence-electron chi connectivity index (χ2n) is 4.28. The molecule has 2 amide bonds. The summed E-state index contributed by atoms with van der Waals surface area (Å²) in [5, 5.41) is 11.6. The minimum Gasteiger partial charge on any atom is -0.374 e. The number of urea groups is 1. The van der Waals surface area contributed by atoms with E-state index in [1.54, 1.807) is 23.1 Å². The van der Waals surface area contributed by atoms with Crippen molar-refractivity contribution in [2.24, 2.45) is 5.73 Å². The predicted molar refractivity (Wildman–Crippen MR) is 90.3 cm³/mol. The van der Waals surface area contributed by atoms with Gasteiger partial charge < -0.3 is 10.5 Å². The number of primary amides is 1. The lowest BCUT2D eigenvalue weighted by atomic mass is 10.4. The van der Waals surface area contributed by atoms with Gasteiger partial charge in [-0.1, -0.05) is 27.7 Å². The van der Waals surface area contributed by atoms with Crippen LogP contribution in [0.5, 0.6) is 0 Å². The van der Waals surface area contributed by atoms with Crippen LogP contribution in [0.3, 0.4) is 0 Å². The van der Waals surface area contributed by atoms with Crippen LogP contribution in [0.1, 0.15) is 4.88 Å². The standard InChI is InChI=1S/C14H15BrN2O3S2/c15-10-1-3-11(4-2-10)22-12-5-8-21-13(12)9-20-7-6-17(19)14(16)18/h1-5,8,19H,6-7,9H2,(H2,16,18). The zero-order chi connectivity index (χ0) is 15.9. The summed E-state index contributed by atoms with van der Waals surface area (Å²) in [6, 6.07) is 9.28. The van der Waals surface area contributed by atoms with Gasteiger partial charge in [-0.05, 0) is 35.7 Å². The van der Waals surface area contributed by atoms with E-state index in [2.05, 4.69) is 22.0 Å². The highest BCUT2D eigenvalue weighted by Crippen LogP contribution is 2.34. The van der Waals surface area contributed by atoms with Gasteiger partial charge in [-0.3, -0.25) is 5.21 Å². The van der Waals surface area contributed by atoms with Crippen molar-refractivity contribution in [3.63, 3.8) is 0 Å². The molecule has 2 aromatic rings. The largest absolute Gasteiger partial charge is 0.374 e. The number of rotatable bonds is 7. The number of nitrogens with zero attached hydrogens (tertiary/aromatic N) is 1. The molecule has 0 saturated heterocycles. The molecule has 0 saturated carbocycles. The quantitative estimate of drug-likeness (QED) is 0.417. The van der Waals surface area contributed by atoms with Crippen LogP contribution < -0.4 is 5.73 Å². The smallest absolute Gasteiger partial charge is 0.338 e. The summed E-state index contributed by atoms with van der Waals surface area (Å²) in [6.45, 7) is 0.707. The lowest BCUT2D eigenvalue weighted by Crippen LogP contribution is -2.35. The maximum Gasteiger partial charge on any atom is 0.338 e. The lowest BCUT2D eigenvalue weighted by Gasteiger charge is -2.11. The molecule has 0 aliphatic carbocycles. The molecule has 0 aliphatic rings. The van der Waals surface area contributed by atoms with Gasteiger partial charge in [0.15, 0.2) is 0 Å². The highest BCUT2D eigenvalue weighted by Gasteiger charge is 2.08. The molecule has 0 radical (unpaired) electrons. The van der Waals surface area contributed by atoms with Crippen LogP contribution in [0.25, 0.3) is 0 Å². The first kappa shape index (κ1) is 17.3. The van der Waals surface area contributed by atoms with Crippen LogP contribution in [0.4, 0.5) is 4.79 Å². The summed E-state index contributed by atoms with van der Waals surface area (Å²) >= 11 is 6.71. The highest BCUT2D eigenvalue weighted by molar-refractivity contribution is 9.10. The molecule has 0 atom stereocenters. The fraction of sp³-hybridized carbons (Fsp3) is 0.214. The van der Waals surface area contributed by atoms with E-state index in [4.69, 9.17) is 15.7 Å². The maximum atomic E-state index is 10.6. The van der Waals surface area contributed by atoms with Crippen molar-refractivity contribution in [3.05, 3.63) is 45.1 Å². The summed E-state index contributed by atoms with van der Waals surface area (Å²) in [4.78, 5) is 14.0. The first-order valence-electron chi connectivity index (χ1n) is 6.39. The van der Waals surface area contributed by atoms with Gasteiger partial charge in [0, 0.05) is 19.1 Å². The second kappa shape index (κ2) is 8.54. The maximum absolute atomic E-state index is 10.6. The second-order valence-corrected chi connectivity index (χ2v) is 7.31. The zero-order valence-corrected chi connectivity index (χ0v) is 14.8. The van der Waals surface area contributed by atoms with Crippen molar-refractivity contribution in [3.8, 4) is 0 Å². The van der Waals surface area contributed by atoms with Gasteiger partial charge in [0.2, 0.25) is 0 Å². The molecule has 1 aromatic carbocycles. The Bertz CT molecular complexity index is 619. The average Bonchev–Trinajstić information content (AvgIpc) is 2.93.